The Morgan fingerprint density at radius 1 is 1.17 bits per heavy atom. The lowest BCUT2D eigenvalue weighted by molar-refractivity contribution is 0.957. The van der Waals surface area contributed by atoms with Gasteiger partial charge in [-0.05, 0) is 23.1 Å². The van der Waals surface area contributed by atoms with Gasteiger partial charge in [0.25, 0.3) is 0 Å². The first kappa shape index (κ1) is 14.8. The molecule has 0 spiro atoms. The average Bonchev–Trinajstić information content (AvgIpc) is 3.07. The molecule has 0 fully saturated rings. The molecular weight excluding hydrogens is 320 g/mol. The molecular formula is C18H16N4OS. The van der Waals surface area contributed by atoms with Crippen LogP contribution in [-0.4, -0.2) is 15.0 Å². The molecule has 24 heavy (non-hydrogen) atoms. The third-order valence-electron chi connectivity index (χ3n) is 3.97. The first-order valence-electron chi connectivity index (χ1n) is 7.83. The maximum absolute atomic E-state index is 11.9. The van der Waals surface area contributed by atoms with Gasteiger partial charge in [0.05, 0.1) is 5.39 Å². The number of thiophene rings is 1. The molecule has 0 atom stereocenters. The number of nitrogens with zero attached hydrogens (tertiary/aromatic N) is 2. The summed E-state index contributed by atoms with van der Waals surface area (Å²) in [5.74, 6) is 1.64. The van der Waals surface area contributed by atoms with E-state index in [0.29, 0.717) is 6.54 Å². The van der Waals surface area contributed by atoms with Gasteiger partial charge in [-0.25, -0.2) is 9.97 Å². The van der Waals surface area contributed by atoms with Gasteiger partial charge >= 0.3 is 0 Å². The monoisotopic (exact) mass is 336 g/mol. The highest BCUT2D eigenvalue weighted by Crippen LogP contribution is 2.26. The van der Waals surface area contributed by atoms with E-state index in [4.69, 9.17) is 0 Å². The summed E-state index contributed by atoms with van der Waals surface area (Å²) in [6, 6.07) is 11.5. The van der Waals surface area contributed by atoms with Crippen molar-refractivity contribution in [1.29, 1.82) is 0 Å². The summed E-state index contributed by atoms with van der Waals surface area (Å²) in [7, 11) is 0. The molecule has 0 radical (unpaired) electrons. The number of fused-ring (bicyclic) bond motifs is 2. The van der Waals surface area contributed by atoms with Crippen LogP contribution < -0.4 is 10.9 Å². The van der Waals surface area contributed by atoms with Gasteiger partial charge in [-0.2, -0.15) is 0 Å². The van der Waals surface area contributed by atoms with E-state index in [2.05, 4.69) is 20.3 Å². The van der Waals surface area contributed by atoms with Crippen LogP contribution in [0.15, 0.2) is 46.6 Å². The zero-order valence-electron chi connectivity index (χ0n) is 13.2. The second kappa shape index (κ2) is 6.05. The molecule has 0 bridgehead atoms. The second-order valence-corrected chi connectivity index (χ2v) is 6.43. The molecule has 3 heterocycles. The first-order chi connectivity index (χ1) is 11.7. The summed E-state index contributed by atoms with van der Waals surface area (Å²) >= 11 is 1.61. The van der Waals surface area contributed by atoms with Crippen molar-refractivity contribution in [2.45, 2.75) is 19.9 Å². The number of H-pyrrole nitrogens is 1. The van der Waals surface area contributed by atoms with E-state index in [1.807, 2.05) is 42.6 Å². The maximum atomic E-state index is 11.9. The molecule has 0 amide bonds. The molecule has 5 nitrogen and oxygen atoms in total. The number of pyridine rings is 1. The summed E-state index contributed by atoms with van der Waals surface area (Å²) in [5.41, 5.74) is 1.71. The highest BCUT2D eigenvalue weighted by molar-refractivity contribution is 7.16. The molecule has 0 saturated carbocycles. The van der Waals surface area contributed by atoms with Gasteiger partial charge in [0, 0.05) is 29.9 Å². The Balaban J connectivity index is 1.73. The number of aryl methyl sites for hydroxylation is 1. The van der Waals surface area contributed by atoms with Crippen LogP contribution in [-0.2, 0) is 13.0 Å². The molecule has 0 aliphatic heterocycles. The van der Waals surface area contributed by atoms with Gasteiger partial charge < -0.3 is 10.3 Å². The van der Waals surface area contributed by atoms with E-state index in [-0.39, 0.29) is 5.56 Å². The number of nitrogens with one attached hydrogen (secondary N) is 2. The molecule has 0 saturated heterocycles. The van der Waals surface area contributed by atoms with Gasteiger partial charge in [-0.3, -0.25) is 4.79 Å². The summed E-state index contributed by atoms with van der Waals surface area (Å²) in [6.07, 6.45) is 0.788. The maximum Gasteiger partial charge on any atom is 0.248 e. The van der Waals surface area contributed by atoms with Crippen LogP contribution in [0, 0.1) is 0 Å². The van der Waals surface area contributed by atoms with Crippen LogP contribution in [0.3, 0.4) is 0 Å². The fourth-order valence-corrected chi connectivity index (χ4v) is 3.58. The number of para-hydroxylation sites is 1. The Labute approximate surface area is 142 Å². The minimum Gasteiger partial charge on any atom is -0.365 e. The molecule has 2 N–H and O–H groups in total. The number of benzene rings is 1. The van der Waals surface area contributed by atoms with Crippen LogP contribution in [0.25, 0.3) is 21.1 Å². The van der Waals surface area contributed by atoms with Crippen molar-refractivity contribution in [3.8, 4) is 0 Å². The second-order valence-electron chi connectivity index (χ2n) is 5.54. The van der Waals surface area contributed by atoms with E-state index in [1.165, 1.54) is 0 Å². The van der Waals surface area contributed by atoms with Crippen LogP contribution in [0.1, 0.15) is 18.3 Å². The first-order valence-corrected chi connectivity index (χ1v) is 8.71. The Hall–Kier alpha value is -2.73. The summed E-state index contributed by atoms with van der Waals surface area (Å²) in [4.78, 5) is 24.9. The third kappa shape index (κ3) is 2.65. The van der Waals surface area contributed by atoms with Crippen molar-refractivity contribution < 1.29 is 0 Å². The number of rotatable bonds is 4. The zero-order valence-corrected chi connectivity index (χ0v) is 14.0. The Bertz CT molecular complexity index is 1080. The Morgan fingerprint density at radius 3 is 2.92 bits per heavy atom. The fourth-order valence-electron chi connectivity index (χ4n) is 2.79. The molecule has 120 valence electrons. The van der Waals surface area contributed by atoms with E-state index >= 15 is 0 Å². The van der Waals surface area contributed by atoms with E-state index < -0.39 is 0 Å². The average molecular weight is 336 g/mol. The number of anilines is 1. The van der Waals surface area contributed by atoms with Gasteiger partial charge in [-0.15, -0.1) is 11.3 Å². The quantitative estimate of drug-likeness (QED) is 0.596. The van der Waals surface area contributed by atoms with Gasteiger partial charge in [0.2, 0.25) is 5.56 Å². The number of hydrogen-bond donors (Lipinski definition) is 2. The van der Waals surface area contributed by atoms with E-state index in [0.717, 1.165) is 44.7 Å². The number of aromatic nitrogens is 3. The highest BCUT2D eigenvalue weighted by atomic mass is 32.1. The van der Waals surface area contributed by atoms with Crippen molar-refractivity contribution in [3.05, 3.63) is 63.5 Å². The van der Waals surface area contributed by atoms with Crippen molar-refractivity contribution in [3.63, 3.8) is 0 Å². The standard InChI is InChI=1S/C18H16N4OS/c1-2-15-21-17(13-7-8-24-18(13)22-15)19-10-11-9-16(23)20-14-6-4-3-5-12(11)14/h3-9H,2,10H2,1H3,(H,20,23)(H,19,21,22). The van der Waals surface area contributed by atoms with Gasteiger partial charge in [-0.1, -0.05) is 25.1 Å². The van der Waals surface area contributed by atoms with Crippen LogP contribution in [0.5, 0.6) is 0 Å². The van der Waals surface area contributed by atoms with Crippen LogP contribution >= 0.6 is 11.3 Å². The molecule has 6 heteroatoms. The van der Waals surface area contributed by atoms with Gasteiger partial charge in [0.1, 0.15) is 16.5 Å². The molecule has 1 aromatic carbocycles. The lowest BCUT2D eigenvalue weighted by Gasteiger charge is -2.10. The van der Waals surface area contributed by atoms with Gasteiger partial charge in [0.15, 0.2) is 0 Å². The minimum atomic E-state index is -0.0943. The molecule has 3 aromatic heterocycles. The predicted molar refractivity (Wildman–Crippen MR) is 98.7 cm³/mol. The van der Waals surface area contributed by atoms with Crippen molar-refractivity contribution in [2.24, 2.45) is 0 Å². The van der Waals surface area contributed by atoms with E-state index in [9.17, 15) is 4.79 Å². The molecule has 4 rings (SSSR count). The third-order valence-corrected chi connectivity index (χ3v) is 4.78. The number of aromatic amines is 1. The smallest absolute Gasteiger partial charge is 0.248 e. The topological polar surface area (TPSA) is 70.7 Å². The van der Waals surface area contributed by atoms with E-state index in [1.54, 1.807) is 17.4 Å². The van der Waals surface area contributed by atoms with Crippen molar-refractivity contribution >= 4 is 38.3 Å². The minimum absolute atomic E-state index is 0.0943. The largest absolute Gasteiger partial charge is 0.365 e. The van der Waals surface area contributed by atoms with Crippen LogP contribution in [0.4, 0.5) is 5.82 Å². The van der Waals surface area contributed by atoms with Crippen molar-refractivity contribution in [1.82, 2.24) is 15.0 Å². The molecule has 0 aliphatic rings. The molecule has 4 aromatic rings. The lowest BCUT2D eigenvalue weighted by atomic mass is 10.1. The SMILES string of the molecule is CCc1nc(NCc2cc(=O)[nH]c3ccccc23)c2ccsc2n1. The summed E-state index contributed by atoms with van der Waals surface area (Å²) < 4.78 is 0. The Kier molecular flexibility index (Phi) is 3.74. The summed E-state index contributed by atoms with van der Waals surface area (Å²) in [6.45, 7) is 2.58. The zero-order chi connectivity index (χ0) is 16.5. The van der Waals surface area contributed by atoms with Crippen molar-refractivity contribution in [2.75, 3.05) is 5.32 Å². The summed E-state index contributed by atoms with van der Waals surface area (Å²) in [5, 5.41) is 7.47. The lowest BCUT2D eigenvalue weighted by Crippen LogP contribution is -2.10. The molecule has 0 aliphatic carbocycles. The number of hydrogen-bond acceptors (Lipinski definition) is 5. The fraction of sp³-hybridized carbons (Fsp3) is 0.167. The highest BCUT2D eigenvalue weighted by Gasteiger charge is 2.09. The Morgan fingerprint density at radius 2 is 2.04 bits per heavy atom. The van der Waals surface area contributed by atoms with Crippen LogP contribution in [0.2, 0.25) is 0 Å². The molecule has 0 unspecified atom stereocenters. The predicted octanol–water partition coefficient (Wildman–Crippen LogP) is 3.71. The normalized spacial score (nSPS) is 11.2.